The molecular weight excluding hydrogens is 438 g/mol. The summed E-state index contributed by atoms with van der Waals surface area (Å²) >= 11 is 0. The second kappa shape index (κ2) is 10.6. The van der Waals surface area contributed by atoms with Crippen molar-refractivity contribution in [3.05, 3.63) is 65.2 Å². The number of rotatable bonds is 10. The highest BCUT2D eigenvalue weighted by atomic mass is 28.3. The maximum Gasteiger partial charge on any atom is 0.326 e. The van der Waals surface area contributed by atoms with E-state index in [1.807, 2.05) is 30.3 Å². The van der Waals surface area contributed by atoms with E-state index in [-0.39, 0.29) is 24.9 Å². The summed E-state index contributed by atoms with van der Waals surface area (Å²) in [6.45, 7) is 7.63. The molecule has 0 fully saturated rings. The van der Waals surface area contributed by atoms with Crippen molar-refractivity contribution in [2.75, 3.05) is 19.9 Å². The number of nitrogens with zero attached hydrogens (tertiary/aromatic N) is 2. The number of carbonyl (C=O) groups is 3. The van der Waals surface area contributed by atoms with Crippen molar-refractivity contribution in [2.45, 2.75) is 38.3 Å². The maximum atomic E-state index is 12.9. The van der Waals surface area contributed by atoms with Crippen LogP contribution in [0.1, 0.15) is 27.5 Å². The molecule has 0 bridgehead atoms. The molecule has 0 aliphatic carbocycles. The SMILES string of the molecule is C[Si](C)(C)CCOCN(C=O)C(=O)N[C@@H](CN1Cc2ccc(O)cc2C1=O)c1ccccc1. The molecule has 1 atom stereocenters. The van der Waals surface area contributed by atoms with Crippen LogP contribution in [0.4, 0.5) is 4.79 Å². The summed E-state index contributed by atoms with van der Waals surface area (Å²) in [7, 11) is -1.28. The monoisotopic (exact) mass is 469 g/mol. The molecule has 0 spiro atoms. The lowest BCUT2D eigenvalue weighted by Crippen LogP contribution is -2.45. The maximum absolute atomic E-state index is 12.9. The first-order valence-corrected chi connectivity index (χ1v) is 14.6. The average molecular weight is 470 g/mol. The molecule has 1 heterocycles. The van der Waals surface area contributed by atoms with E-state index in [1.54, 1.807) is 17.0 Å². The number of amides is 4. The number of phenols is 1. The lowest BCUT2D eigenvalue weighted by Gasteiger charge is -2.27. The van der Waals surface area contributed by atoms with Gasteiger partial charge in [-0.3, -0.25) is 9.59 Å². The molecule has 3 rings (SSSR count). The fraction of sp³-hybridized carbons (Fsp3) is 0.375. The van der Waals surface area contributed by atoms with Gasteiger partial charge in [-0.1, -0.05) is 56.0 Å². The van der Waals surface area contributed by atoms with Crippen molar-refractivity contribution in [1.82, 2.24) is 15.1 Å². The summed E-state index contributed by atoms with van der Waals surface area (Å²) < 4.78 is 5.56. The highest BCUT2D eigenvalue weighted by Gasteiger charge is 2.31. The number of aromatic hydroxyl groups is 1. The van der Waals surface area contributed by atoms with Crippen LogP contribution in [0.3, 0.4) is 0 Å². The van der Waals surface area contributed by atoms with E-state index in [0.29, 0.717) is 25.1 Å². The van der Waals surface area contributed by atoms with E-state index in [2.05, 4.69) is 25.0 Å². The van der Waals surface area contributed by atoms with Crippen LogP contribution in [0.2, 0.25) is 25.7 Å². The van der Waals surface area contributed by atoms with Crippen molar-refractivity contribution in [2.24, 2.45) is 0 Å². The molecule has 8 nitrogen and oxygen atoms in total. The molecule has 9 heteroatoms. The molecule has 0 radical (unpaired) electrons. The van der Waals surface area contributed by atoms with Gasteiger partial charge in [0.2, 0.25) is 6.41 Å². The first-order valence-electron chi connectivity index (χ1n) is 10.9. The molecule has 2 aromatic carbocycles. The zero-order valence-corrected chi connectivity index (χ0v) is 20.3. The van der Waals surface area contributed by atoms with Crippen molar-refractivity contribution in [1.29, 1.82) is 0 Å². The highest BCUT2D eigenvalue weighted by Crippen LogP contribution is 2.28. The molecular formula is C24H31N3O5Si. The van der Waals surface area contributed by atoms with Gasteiger partial charge >= 0.3 is 6.03 Å². The normalized spacial score (nSPS) is 14.0. The van der Waals surface area contributed by atoms with E-state index in [9.17, 15) is 19.5 Å². The Balaban J connectivity index is 1.68. The fourth-order valence-electron chi connectivity index (χ4n) is 3.55. The molecule has 0 aromatic heterocycles. The average Bonchev–Trinajstić information content (AvgIpc) is 3.08. The summed E-state index contributed by atoms with van der Waals surface area (Å²) in [5.74, 6) is -0.175. The Morgan fingerprint density at radius 1 is 1.24 bits per heavy atom. The number of fused-ring (bicyclic) bond motifs is 1. The number of benzene rings is 2. The summed E-state index contributed by atoms with van der Waals surface area (Å²) in [5, 5.41) is 12.6. The lowest BCUT2D eigenvalue weighted by molar-refractivity contribution is -0.119. The third-order valence-corrected chi connectivity index (χ3v) is 7.19. The summed E-state index contributed by atoms with van der Waals surface area (Å²) in [4.78, 5) is 39.8. The number of imide groups is 1. The Bertz CT molecular complexity index is 993. The Labute approximate surface area is 195 Å². The first-order chi connectivity index (χ1) is 15.7. The molecule has 4 amide bonds. The third kappa shape index (κ3) is 6.66. The van der Waals surface area contributed by atoms with Crippen LogP contribution in [0.15, 0.2) is 48.5 Å². The topological polar surface area (TPSA) is 99.2 Å². The molecule has 2 N–H and O–H groups in total. The quantitative estimate of drug-likeness (QED) is 0.240. The summed E-state index contributed by atoms with van der Waals surface area (Å²) in [6.07, 6.45) is 0.450. The molecule has 33 heavy (non-hydrogen) atoms. The zero-order valence-electron chi connectivity index (χ0n) is 19.3. The minimum absolute atomic E-state index is 0.0348. The van der Waals surface area contributed by atoms with Crippen molar-refractivity contribution in [3.8, 4) is 5.75 Å². The molecule has 2 aromatic rings. The Morgan fingerprint density at radius 3 is 2.64 bits per heavy atom. The van der Waals surface area contributed by atoms with Crippen LogP contribution in [0.5, 0.6) is 5.75 Å². The van der Waals surface area contributed by atoms with Gasteiger partial charge in [-0.2, -0.15) is 0 Å². The van der Waals surface area contributed by atoms with Gasteiger partial charge in [0.15, 0.2) is 0 Å². The molecule has 1 aliphatic rings. The van der Waals surface area contributed by atoms with Gasteiger partial charge in [-0.05, 0) is 29.3 Å². The number of hydrogen-bond donors (Lipinski definition) is 2. The van der Waals surface area contributed by atoms with Crippen LogP contribution in [0.25, 0.3) is 0 Å². The van der Waals surface area contributed by atoms with Crippen LogP contribution in [-0.2, 0) is 16.1 Å². The molecule has 0 saturated carbocycles. The van der Waals surface area contributed by atoms with Gasteiger partial charge in [-0.25, -0.2) is 9.69 Å². The van der Waals surface area contributed by atoms with Crippen molar-refractivity contribution < 1.29 is 24.2 Å². The number of phenolic OH excluding ortho intramolecular Hbond substituents is 1. The molecule has 0 saturated heterocycles. The molecule has 0 unspecified atom stereocenters. The third-order valence-electron chi connectivity index (χ3n) is 5.49. The number of carbonyl (C=O) groups excluding carboxylic acids is 3. The number of nitrogens with one attached hydrogen (secondary N) is 1. The van der Waals surface area contributed by atoms with E-state index in [0.717, 1.165) is 22.1 Å². The standard InChI is InChI=1S/C24H31N3O5Si/c1-33(2,3)12-11-32-17-27(16-28)24(31)25-22(18-7-5-4-6-8-18)15-26-14-19-9-10-20(29)13-21(19)23(26)30/h4-10,13,16,22,29H,11-12,14-15,17H2,1-3H3,(H,25,31)/t22-/m0/s1. The van der Waals surface area contributed by atoms with Gasteiger partial charge < -0.3 is 20.1 Å². The van der Waals surface area contributed by atoms with Crippen molar-refractivity contribution >= 4 is 26.4 Å². The minimum Gasteiger partial charge on any atom is -0.508 e. The number of ether oxygens (including phenoxy) is 1. The van der Waals surface area contributed by atoms with E-state index < -0.39 is 20.1 Å². The summed E-state index contributed by atoms with van der Waals surface area (Å²) in [5.41, 5.74) is 2.09. The van der Waals surface area contributed by atoms with E-state index >= 15 is 0 Å². The van der Waals surface area contributed by atoms with Gasteiger partial charge in [0.1, 0.15) is 12.5 Å². The highest BCUT2D eigenvalue weighted by molar-refractivity contribution is 6.76. The van der Waals surface area contributed by atoms with Crippen LogP contribution < -0.4 is 5.32 Å². The predicted molar refractivity (Wildman–Crippen MR) is 127 cm³/mol. The first kappa shape index (κ1) is 24.5. The van der Waals surface area contributed by atoms with Gasteiger partial charge in [0, 0.05) is 33.3 Å². The smallest absolute Gasteiger partial charge is 0.326 e. The molecule has 1 aliphatic heterocycles. The van der Waals surface area contributed by atoms with Crippen molar-refractivity contribution in [3.63, 3.8) is 0 Å². The van der Waals surface area contributed by atoms with E-state index in [4.69, 9.17) is 4.74 Å². The van der Waals surface area contributed by atoms with E-state index in [1.165, 1.54) is 6.07 Å². The van der Waals surface area contributed by atoms with Crippen LogP contribution in [0, 0.1) is 0 Å². The Kier molecular flexibility index (Phi) is 7.88. The predicted octanol–water partition coefficient (Wildman–Crippen LogP) is 3.57. The second-order valence-electron chi connectivity index (χ2n) is 9.36. The molecule has 176 valence electrons. The minimum atomic E-state index is -1.28. The van der Waals surface area contributed by atoms with Crippen LogP contribution in [-0.4, -0.2) is 61.2 Å². The Hall–Kier alpha value is -3.17. The van der Waals surface area contributed by atoms with Gasteiger partial charge in [0.25, 0.3) is 5.91 Å². The lowest BCUT2D eigenvalue weighted by atomic mass is 10.1. The fourth-order valence-corrected chi connectivity index (χ4v) is 4.30. The second-order valence-corrected chi connectivity index (χ2v) is 15.0. The number of hydrogen-bond acceptors (Lipinski definition) is 5. The van der Waals surface area contributed by atoms with Gasteiger partial charge in [-0.15, -0.1) is 0 Å². The zero-order chi connectivity index (χ0) is 24.0. The number of urea groups is 1. The van der Waals surface area contributed by atoms with Gasteiger partial charge in [0.05, 0.1) is 6.04 Å². The van der Waals surface area contributed by atoms with Crippen LogP contribution >= 0.6 is 0 Å². The summed E-state index contributed by atoms with van der Waals surface area (Å²) in [6, 6.07) is 13.8. The largest absolute Gasteiger partial charge is 0.508 e. The Morgan fingerprint density at radius 2 is 1.97 bits per heavy atom.